The van der Waals surface area contributed by atoms with Crippen LogP contribution < -0.4 is 16.0 Å². The molecule has 8 heteroatoms. The fourth-order valence-corrected chi connectivity index (χ4v) is 3.33. The van der Waals surface area contributed by atoms with Crippen molar-refractivity contribution in [1.82, 2.24) is 20.9 Å². The molecule has 1 fully saturated rings. The number of carbonyl (C=O) groups excluding carboxylic acids is 3. The van der Waals surface area contributed by atoms with Gasteiger partial charge in [-0.1, -0.05) is 23.8 Å². The maximum Gasteiger partial charge on any atom is 0.322 e. The van der Waals surface area contributed by atoms with Crippen molar-refractivity contribution < 1.29 is 14.4 Å². The Kier molecular flexibility index (Phi) is 5.08. The van der Waals surface area contributed by atoms with Crippen LogP contribution in [0.4, 0.5) is 4.79 Å². The summed E-state index contributed by atoms with van der Waals surface area (Å²) in [6, 6.07) is 6.96. The third-order valence-electron chi connectivity index (χ3n) is 3.80. The molecule has 3 N–H and O–H groups in total. The predicted octanol–water partition coefficient (Wildman–Crippen LogP) is 1.72. The number of rotatable bonds is 6. The SMILES string of the molecule is Cc1cccc(-c2nc(CNC(=O)CCC3NC(=O)NC3=O)cs2)c1. The monoisotopic (exact) mass is 358 g/mol. The Labute approximate surface area is 148 Å². The Balaban J connectivity index is 1.48. The van der Waals surface area contributed by atoms with Gasteiger partial charge < -0.3 is 10.6 Å². The molecule has 2 aromatic rings. The number of imide groups is 1. The molecule has 0 bridgehead atoms. The molecular formula is C17H18N4O3S. The van der Waals surface area contributed by atoms with E-state index >= 15 is 0 Å². The summed E-state index contributed by atoms with van der Waals surface area (Å²) in [5.41, 5.74) is 3.03. The van der Waals surface area contributed by atoms with Crippen LogP contribution in [0.1, 0.15) is 24.1 Å². The molecule has 1 aromatic heterocycles. The molecule has 25 heavy (non-hydrogen) atoms. The first-order valence-corrected chi connectivity index (χ1v) is 8.79. The minimum atomic E-state index is -0.634. The summed E-state index contributed by atoms with van der Waals surface area (Å²) >= 11 is 1.53. The third-order valence-corrected chi connectivity index (χ3v) is 4.74. The van der Waals surface area contributed by atoms with Crippen LogP contribution in [0.15, 0.2) is 29.6 Å². The van der Waals surface area contributed by atoms with Gasteiger partial charge in [0.2, 0.25) is 5.91 Å². The van der Waals surface area contributed by atoms with E-state index in [1.54, 1.807) is 0 Å². The maximum absolute atomic E-state index is 11.9. The van der Waals surface area contributed by atoms with Crippen molar-refractivity contribution >= 4 is 29.2 Å². The van der Waals surface area contributed by atoms with Crippen molar-refractivity contribution in [3.63, 3.8) is 0 Å². The Morgan fingerprint density at radius 1 is 1.36 bits per heavy atom. The van der Waals surface area contributed by atoms with Gasteiger partial charge in [-0.05, 0) is 19.4 Å². The number of thiazole rings is 1. The zero-order valence-corrected chi connectivity index (χ0v) is 14.5. The topological polar surface area (TPSA) is 100 Å². The molecule has 0 saturated carbocycles. The van der Waals surface area contributed by atoms with E-state index in [1.165, 1.54) is 16.9 Å². The summed E-state index contributed by atoms with van der Waals surface area (Å²) in [6.07, 6.45) is 0.433. The van der Waals surface area contributed by atoms with Gasteiger partial charge in [-0.3, -0.25) is 14.9 Å². The fraction of sp³-hybridized carbons (Fsp3) is 0.294. The van der Waals surface area contributed by atoms with Crippen molar-refractivity contribution in [2.24, 2.45) is 0 Å². The van der Waals surface area contributed by atoms with Crippen LogP contribution in [-0.4, -0.2) is 28.9 Å². The van der Waals surface area contributed by atoms with Gasteiger partial charge in [-0.25, -0.2) is 9.78 Å². The Morgan fingerprint density at radius 2 is 2.20 bits per heavy atom. The van der Waals surface area contributed by atoms with Crippen molar-refractivity contribution in [3.8, 4) is 10.6 Å². The van der Waals surface area contributed by atoms with E-state index in [9.17, 15) is 14.4 Å². The Morgan fingerprint density at radius 3 is 2.92 bits per heavy atom. The second kappa shape index (κ2) is 7.43. The lowest BCUT2D eigenvalue weighted by molar-refractivity contribution is -0.122. The van der Waals surface area contributed by atoms with Gasteiger partial charge >= 0.3 is 6.03 Å². The number of hydrogen-bond acceptors (Lipinski definition) is 5. The molecule has 1 aromatic carbocycles. The van der Waals surface area contributed by atoms with E-state index in [1.807, 2.05) is 30.5 Å². The summed E-state index contributed by atoms with van der Waals surface area (Å²) < 4.78 is 0. The van der Waals surface area contributed by atoms with Crippen molar-refractivity contribution in [3.05, 3.63) is 40.9 Å². The van der Waals surface area contributed by atoms with E-state index in [0.29, 0.717) is 6.54 Å². The standard InChI is InChI=1S/C17H18N4O3S/c1-10-3-2-4-11(7-10)16-19-12(9-25-16)8-18-14(22)6-5-13-15(23)21-17(24)20-13/h2-4,7,9,13H,5-6,8H2,1H3,(H,18,22)(H2,20,21,23,24). The number of hydrogen-bond donors (Lipinski definition) is 3. The minimum Gasteiger partial charge on any atom is -0.350 e. The smallest absolute Gasteiger partial charge is 0.322 e. The molecule has 0 spiro atoms. The number of nitrogens with zero attached hydrogens (tertiary/aromatic N) is 1. The zero-order chi connectivity index (χ0) is 17.8. The molecule has 2 heterocycles. The van der Waals surface area contributed by atoms with Crippen molar-refractivity contribution in [1.29, 1.82) is 0 Å². The van der Waals surface area contributed by atoms with Gasteiger partial charge in [0, 0.05) is 17.4 Å². The van der Waals surface area contributed by atoms with E-state index in [0.717, 1.165) is 16.3 Å². The first-order valence-electron chi connectivity index (χ1n) is 7.91. The highest BCUT2D eigenvalue weighted by Crippen LogP contribution is 2.24. The first kappa shape index (κ1) is 17.1. The molecule has 7 nitrogen and oxygen atoms in total. The fourth-order valence-electron chi connectivity index (χ4n) is 2.51. The summed E-state index contributed by atoms with van der Waals surface area (Å²) in [5, 5.41) is 10.2. The molecule has 0 radical (unpaired) electrons. The van der Waals surface area contributed by atoms with Crippen LogP contribution in [0.3, 0.4) is 0 Å². The normalized spacial score (nSPS) is 16.4. The number of aryl methyl sites for hydroxylation is 1. The second-order valence-electron chi connectivity index (χ2n) is 5.84. The van der Waals surface area contributed by atoms with Crippen LogP contribution in [0, 0.1) is 6.92 Å². The van der Waals surface area contributed by atoms with E-state index in [2.05, 4.69) is 27.0 Å². The molecule has 3 rings (SSSR count). The zero-order valence-electron chi connectivity index (χ0n) is 13.7. The van der Waals surface area contributed by atoms with Gasteiger partial charge in [0.1, 0.15) is 11.0 Å². The number of carbonyl (C=O) groups is 3. The lowest BCUT2D eigenvalue weighted by atomic mass is 10.1. The Bertz CT molecular complexity index is 818. The van der Waals surface area contributed by atoms with Crippen molar-refractivity contribution in [2.45, 2.75) is 32.4 Å². The highest BCUT2D eigenvalue weighted by atomic mass is 32.1. The highest BCUT2D eigenvalue weighted by Gasteiger charge is 2.29. The lowest BCUT2D eigenvalue weighted by Gasteiger charge is -2.07. The number of benzene rings is 1. The molecular weight excluding hydrogens is 340 g/mol. The van der Waals surface area contributed by atoms with Gasteiger partial charge in [0.25, 0.3) is 5.91 Å². The predicted molar refractivity (Wildman–Crippen MR) is 93.8 cm³/mol. The summed E-state index contributed by atoms with van der Waals surface area (Å²) in [5.74, 6) is -0.570. The minimum absolute atomic E-state index is 0.160. The number of urea groups is 1. The van der Waals surface area contributed by atoms with E-state index in [-0.39, 0.29) is 24.7 Å². The molecule has 1 aliphatic heterocycles. The molecule has 130 valence electrons. The van der Waals surface area contributed by atoms with Crippen LogP contribution in [0.5, 0.6) is 0 Å². The second-order valence-corrected chi connectivity index (χ2v) is 6.70. The summed E-state index contributed by atoms with van der Waals surface area (Å²) in [7, 11) is 0. The van der Waals surface area contributed by atoms with Crippen LogP contribution in [-0.2, 0) is 16.1 Å². The van der Waals surface area contributed by atoms with Gasteiger partial charge in [-0.2, -0.15) is 0 Å². The number of nitrogens with one attached hydrogen (secondary N) is 3. The summed E-state index contributed by atoms with van der Waals surface area (Å²) in [6.45, 7) is 2.37. The molecule has 1 saturated heterocycles. The van der Waals surface area contributed by atoms with Crippen molar-refractivity contribution in [2.75, 3.05) is 0 Å². The van der Waals surface area contributed by atoms with Crippen LogP contribution >= 0.6 is 11.3 Å². The van der Waals surface area contributed by atoms with Crippen LogP contribution in [0.2, 0.25) is 0 Å². The maximum atomic E-state index is 11.9. The highest BCUT2D eigenvalue weighted by molar-refractivity contribution is 7.13. The van der Waals surface area contributed by atoms with E-state index < -0.39 is 12.1 Å². The average molecular weight is 358 g/mol. The molecule has 4 amide bonds. The van der Waals surface area contributed by atoms with E-state index in [4.69, 9.17) is 0 Å². The largest absolute Gasteiger partial charge is 0.350 e. The Hall–Kier alpha value is -2.74. The third kappa shape index (κ3) is 4.42. The van der Waals surface area contributed by atoms with Gasteiger partial charge in [0.05, 0.1) is 12.2 Å². The van der Waals surface area contributed by atoms with Gasteiger partial charge in [-0.15, -0.1) is 11.3 Å². The molecule has 0 aliphatic carbocycles. The quantitative estimate of drug-likeness (QED) is 0.685. The molecule has 1 aliphatic rings. The first-order chi connectivity index (χ1) is 12.0. The number of amides is 4. The lowest BCUT2D eigenvalue weighted by Crippen LogP contribution is -2.31. The average Bonchev–Trinajstić information content (AvgIpc) is 3.17. The molecule has 1 atom stereocenters. The summed E-state index contributed by atoms with van der Waals surface area (Å²) in [4.78, 5) is 38.9. The number of aromatic nitrogens is 1. The molecule has 1 unspecified atom stereocenters. The van der Waals surface area contributed by atoms with Crippen LogP contribution in [0.25, 0.3) is 10.6 Å². The van der Waals surface area contributed by atoms with Gasteiger partial charge in [0.15, 0.2) is 0 Å².